The third kappa shape index (κ3) is 4.41. The van der Waals surface area contributed by atoms with Gasteiger partial charge in [0.15, 0.2) is 6.61 Å². The van der Waals surface area contributed by atoms with Crippen LogP contribution in [0.1, 0.15) is 0 Å². The van der Waals surface area contributed by atoms with Crippen molar-refractivity contribution in [1.29, 1.82) is 0 Å². The highest BCUT2D eigenvalue weighted by atomic mass is 19.1. The quantitative estimate of drug-likeness (QED) is 0.694. The smallest absolute Gasteiger partial charge is 0.261 e. The lowest BCUT2D eigenvalue weighted by atomic mass is 10.3. The maximum atomic E-state index is 12.9. The molecule has 1 aromatic carbocycles. The lowest BCUT2D eigenvalue weighted by Crippen LogP contribution is -2.35. The summed E-state index contributed by atoms with van der Waals surface area (Å²) in [4.78, 5) is 13.3. The number of carbonyl (C=O) groups is 1. The van der Waals surface area contributed by atoms with Crippen molar-refractivity contribution in [3.05, 3.63) is 55.4 Å². The molecule has 1 rings (SSSR count). The zero-order valence-corrected chi connectivity index (χ0v) is 10.1. The van der Waals surface area contributed by atoms with Gasteiger partial charge in [0.25, 0.3) is 5.91 Å². The minimum absolute atomic E-state index is 0.134. The number of halogens is 1. The van der Waals surface area contributed by atoms with E-state index in [0.29, 0.717) is 18.8 Å². The van der Waals surface area contributed by atoms with E-state index >= 15 is 0 Å². The largest absolute Gasteiger partial charge is 0.484 e. The highest BCUT2D eigenvalue weighted by Gasteiger charge is 2.11. The van der Waals surface area contributed by atoms with Crippen molar-refractivity contribution < 1.29 is 13.9 Å². The number of amides is 1. The number of hydrogen-bond donors (Lipinski definition) is 0. The van der Waals surface area contributed by atoms with Crippen LogP contribution in [-0.4, -0.2) is 30.5 Å². The van der Waals surface area contributed by atoms with E-state index in [9.17, 15) is 9.18 Å². The summed E-state index contributed by atoms with van der Waals surface area (Å²) in [5.41, 5.74) is 0. The normalized spacial score (nSPS) is 9.61. The van der Waals surface area contributed by atoms with E-state index in [0.717, 1.165) is 0 Å². The van der Waals surface area contributed by atoms with E-state index < -0.39 is 5.82 Å². The molecule has 0 unspecified atom stereocenters. The van der Waals surface area contributed by atoms with Gasteiger partial charge in [-0.15, -0.1) is 13.2 Å². The molecule has 0 heterocycles. The van der Waals surface area contributed by atoms with Crippen molar-refractivity contribution in [3.8, 4) is 5.75 Å². The molecule has 18 heavy (non-hydrogen) atoms. The first-order chi connectivity index (χ1) is 8.67. The summed E-state index contributed by atoms with van der Waals surface area (Å²) in [5, 5.41) is 0. The molecule has 0 atom stereocenters. The molecular weight excluding hydrogens is 233 g/mol. The Balaban J connectivity index is 2.53. The minimum Gasteiger partial charge on any atom is -0.484 e. The SMILES string of the molecule is C=CCN(CC=C)C(=O)COc1cccc(F)c1. The van der Waals surface area contributed by atoms with Crippen molar-refractivity contribution >= 4 is 5.91 Å². The Labute approximate surface area is 106 Å². The maximum absolute atomic E-state index is 12.9. The minimum atomic E-state index is -0.394. The molecule has 4 heteroatoms. The predicted molar refractivity (Wildman–Crippen MR) is 68.9 cm³/mol. The number of ether oxygens (including phenoxy) is 1. The first-order valence-electron chi connectivity index (χ1n) is 5.55. The van der Waals surface area contributed by atoms with Crippen LogP contribution in [0.5, 0.6) is 5.75 Å². The molecule has 0 aromatic heterocycles. The summed E-state index contributed by atoms with van der Waals surface area (Å²) in [6, 6.07) is 5.68. The third-order valence-corrected chi connectivity index (χ3v) is 2.21. The summed E-state index contributed by atoms with van der Waals surface area (Å²) in [5.74, 6) is -0.256. The van der Waals surface area contributed by atoms with Crippen LogP contribution < -0.4 is 4.74 Å². The summed E-state index contributed by atoms with van der Waals surface area (Å²) in [6.07, 6.45) is 3.26. The van der Waals surface area contributed by atoms with Gasteiger partial charge in [-0.05, 0) is 12.1 Å². The fourth-order valence-corrected chi connectivity index (χ4v) is 1.38. The van der Waals surface area contributed by atoms with Crippen LogP contribution in [0, 0.1) is 5.82 Å². The number of rotatable bonds is 7. The van der Waals surface area contributed by atoms with E-state index in [1.165, 1.54) is 18.2 Å². The Hall–Kier alpha value is -2.10. The Morgan fingerprint density at radius 3 is 2.56 bits per heavy atom. The molecule has 0 aliphatic rings. The van der Waals surface area contributed by atoms with Crippen LogP contribution in [-0.2, 0) is 4.79 Å². The van der Waals surface area contributed by atoms with Crippen molar-refractivity contribution in [3.63, 3.8) is 0 Å². The lowest BCUT2D eigenvalue weighted by molar-refractivity contribution is -0.132. The second-order valence-corrected chi connectivity index (χ2v) is 3.62. The molecule has 0 saturated carbocycles. The molecule has 1 amide bonds. The maximum Gasteiger partial charge on any atom is 0.261 e. The number of nitrogens with zero attached hydrogens (tertiary/aromatic N) is 1. The van der Waals surface area contributed by atoms with Gasteiger partial charge < -0.3 is 9.64 Å². The number of hydrogen-bond acceptors (Lipinski definition) is 2. The number of carbonyl (C=O) groups excluding carboxylic acids is 1. The van der Waals surface area contributed by atoms with Crippen molar-refractivity contribution in [2.24, 2.45) is 0 Å². The van der Waals surface area contributed by atoms with Gasteiger partial charge in [-0.3, -0.25) is 4.79 Å². The van der Waals surface area contributed by atoms with Gasteiger partial charge in [0, 0.05) is 19.2 Å². The molecule has 0 fully saturated rings. The second-order valence-electron chi connectivity index (χ2n) is 3.62. The van der Waals surface area contributed by atoms with Crippen molar-refractivity contribution in [1.82, 2.24) is 4.90 Å². The van der Waals surface area contributed by atoms with Gasteiger partial charge in [-0.1, -0.05) is 18.2 Å². The highest BCUT2D eigenvalue weighted by molar-refractivity contribution is 5.78. The fraction of sp³-hybridized carbons (Fsp3) is 0.214. The van der Waals surface area contributed by atoms with Gasteiger partial charge in [0.05, 0.1) is 0 Å². The predicted octanol–water partition coefficient (Wildman–Crippen LogP) is 2.41. The first kappa shape index (κ1) is 14.0. The average Bonchev–Trinajstić information content (AvgIpc) is 2.36. The van der Waals surface area contributed by atoms with Crippen LogP contribution in [0.2, 0.25) is 0 Å². The molecular formula is C14H16FNO2. The third-order valence-electron chi connectivity index (χ3n) is 2.21. The molecule has 1 aromatic rings. The standard InChI is InChI=1S/C14H16FNO2/c1-3-8-16(9-4-2)14(17)11-18-13-7-5-6-12(15)10-13/h3-7,10H,1-2,8-9,11H2. The van der Waals surface area contributed by atoms with Gasteiger partial charge in [-0.2, -0.15) is 0 Å². The zero-order chi connectivity index (χ0) is 13.4. The topological polar surface area (TPSA) is 29.5 Å². The Bertz CT molecular complexity index is 422. The van der Waals surface area contributed by atoms with E-state index in [1.54, 1.807) is 23.1 Å². The van der Waals surface area contributed by atoms with Crippen LogP contribution in [0.3, 0.4) is 0 Å². The number of benzene rings is 1. The second kappa shape index (κ2) is 7.27. The van der Waals surface area contributed by atoms with E-state index in [4.69, 9.17) is 4.74 Å². The Kier molecular flexibility index (Phi) is 5.64. The van der Waals surface area contributed by atoms with Crippen molar-refractivity contribution in [2.45, 2.75) is 0 Å². The van der Waals surface area contributed by atoms with Crippen LogP contribution in [0.4, 0.5) is 4.39 Å². The van der Waals surface area contributed by atoms with Gasteiger partial charge >= 0.3 is 0 Å². The molecule has 3 nitrogen and oxygen atoms in total. The lowest BCUT2D eigenvalue weighted by Gasteiger charge is -2.19. The molecule has 0 saturated heterocycles. The summed E-state index contributed by atoms with van der Waals surface area (Å²) < 4.78 is 18.1. The molecule has 0 aliphatic carbocycles. The molecule has 0 radical (unpaired) electrons. The van der Waals surface area contributed by atoms with E-state index in [2.05, 4.69) is 13.2 Å². The Morgan fingerprint density at radius 1 is 1.33 bits per heavy atom. The molecule has 0 spiro atoms. The van der Waals surface area contributed by atoms with Crippen molar-refractivity contribution in [2.75, 3.05) is 19.7 Å². The summed E-state index contributed by atoms with van der Waals surface area (Å²) >= 11 is 0. The zero-order valence-electron chi connectivity index (χ0n) is 10.1. The molecule has 0 aliphatic heterocycles. The highest BCUT2D eigenvalue weighted by Crippen LogP contribution is 2.11. The molecule has 0 bridgehead atoms. The van der Waals surface area contributed by atoms with Crippen LogP contribution >= 0.6 is 0 Å². The monoisotopic (exact) mass is 249 g/mol. The van der Waals surface area contributed by atoms with Crippen LogP contribution in [0.15, 0.2) is 49.6 Å². The fourth-order valence-electron chi connectivity index (χ4n) is 1.38. The Morgan fingerprint density at radius 2 is 2.00 bits per heavy atom. The van der Waals surface area contributed by atoms with Gasteiger partial charge in [0.1, 0.15) is 11.6 Å². The molecule has 0 N–H and O–H groups in total. The van der Waals surface area contributed by atoms with Gasteiger partial charge in [0.2, 0.25) is 0 Å². The first-order valence-corrected chi connectivity index (χ1v) is 5.55. The van der Waals surface area contributed by atoms with E-state index in [-0.39, 0.29) is 12.5 Å². The molecule has 96 valence electrons. The van der Waals surface area contributed by atoms with Crippen LogP contribution in [0.25, 0.3) is 0 Å². The van der Waals surface area contributed by atoms with E-state index in [1.807, 2.05) is 0 Å². The average molecular weight is 249 g/mol. The summed E-state index contributed by atoms with van der Waals surface area (Å²) in [6.45, 7) is 7.87. The van der Waals surface area contributed by atoms with Gasteiger partial charge in [-0.25, -0.2) is 4.39 Å². The summed E-state index contributed by atoms with van der Waals surface area (Å²) in [7, 11) is 0.